The molecule has 0 bridgehead atoms. The average Bonchev–Trinajstić information content (AvgIpc) is 3.25. The van der Waals surface area contributed by atoms with Crippen molar-refractivity contribution in [1.82, 2.24) is 15.1 Å². The van der Waals surface area contributed by atoms with E-state index in [1.807, 2.05) is 37.3 Å². The zero-order valence-corrected chi connectivity index (χ0v) is 15.5. The molecule has 1 aromatic carbocycles. The summed E-state index contributed by atoms with van der Waals surface area (Å²) in [6.07, 6.45) is 2.71. The van der Waals surface area contributed by atoms with Crippen molar-refractivity contribution in [2.45, 2.75) is 31.8 Å². The van der Waals surface area contributed by atoms with Gasteiger partial charge in [0.25, 0.3) is 5.91 Å². The van der Waals surface area contributed by atoms with Gasteiger partial charge in [0, 0.05) is 7.05 Å². The smallest absolute Gasteiger partial charge is 0.325 e. The fourth-order valence-corrected chi connectivity index (χ4v) is 3.36. The van der Waals surface area contributed by atoms with Crippen LogP contribution in [0.2, 0.25) is 0 Å². The van der Waals surface area contributed by atoms with Gasteiger partial charge < -0.3 is 14.6 Å². The maximum absolute atomic E-state index is 13.2. The highest BCUT2D eigenvalue weighted by Gasteiger charge is 2.52. The molecule has 0 spiro atoms. The molecule has 0 radical (unpaired) electrons. The van der Waals surface area contributed by atoms with Gasteiger partial charge in [0.15, 0.2) is 0 Å². The summed E-state index contributed by atoms with van der Waals surface area (Å²) in [4.78, 5) is 40.7. The normalized spacial score (nSPS) is 19.3. The lowest BCUT2D eigenvalue weighted by atomic mass is 9.85. The molecule has 27 heavy (non-hydrogen) atoms. The highest BCUT2D eigenvalue weighted by molar-refractivity contribution is 6.09. The van der Waals surface area contributed by atoms with E-state index >= 15 is 0 Å². The van der Waals surface area contributed by atoms with Gasteiger partial charge in [-0.3, -0.25) is 14.5 Å². The molecule has 3 rings (SSSR count). The van der Waals surface area contributed by atoms with Crippen molar-refractivity contribution >= 4 is 17.8 Å². The molecule has 1 atom stereocenters. The Morgan fingerprint density at radius 1 is 1.19 bits per heavy atom. The minimum Gasteiger partial charge on any atom is -0.467 e. The Bertz CT molecular complexity index is 819. The van der Waals surface area contributed by atoms with Gasteiger partial charge in [-0.25, -0.2) is 4.79 Å². The van der Waals surface area contributed by atoms with Crippen LogP contribution in [0.5, 0.6) is 0 Å². The van der Waals surface area contributed by atoms with Gasteiger partial charge in [-0.2, -0.15) is 0 Å². The van der Waals surface area contributed by atoms with Gasteiger partial charge in [0.1, 0.15) is 17.8 Å². The van der Waals surface area contributed by atoms with Crippen molar-refractivity contribution in [3.8, 4) is 0 Å². The number of imide groups is 1. The highest BCUT2D eigenvalue weighted by Crippen LogP contribution is 2.33. The number of benzene rings is 1. The predicted molar refractivity (Wildman–Crippen MR) is 98.5 cm³/mol. The number of furan rings is 1. The Morgan fingerprint density at radius 3 is 2.56 bits per heavy atom. The van der Waals surface area contributed by atoms with Crippen LogP contribution in [0.25, 0.3) is 0 Å². The van der Waals surface area contributed by atoms with Crippen LogP contribution in [0.1, 0.15) is 31.1 Å². The molecule has 1 aliphatic heterocycles. The third kappa shape index (κ3) is 3.58. The molecule has 2 heterocycles. The van der Waals surface area contributed by atoms with Crippen molar-refractivity contribution < 1.29 is 18.8 Å². The van der Waals surface area contributed by atoms with Gasteiger partial charge >= 0.3 is 6.03 Å². The number of carbonyl (C=O) groups is 3. The fraction of sp³-hybridized carbons (Fsp3) is 0.350. The standard InChI is InChI=1S/C20H23N3O4/c1-3-11-20(15-8-5-4-6-9-15)18(25)23(19(26)21-20)14-17(24)22(2)13-16-10-7-12-27-16/h4-10,12H,3,11,13-14H2,1-2H3,(H,21,26). The lowest BCUT2D eigenvalue weighted by molar-refractivity contribution is -0.139. The fourth-order valence-electron chi connectivity index (χ4n) is 3.36. The SMILES string of the molecule is CCCC1(c2ccccc2)NC(=O)N(CC(=O)N(C)Cc2ccco2)C1=O. The average molecular weight is 369 g/mol. The van der Waals surface area contributed by atoms with Crippen molar-refractivity contribution in [3.05, 3.63) is 60.1 Å². The number of nitrogens with one attached hydrogen (secondary N) is 1. The summed E-state index contributed by atoms with van der Waals surface area (Å²) in [5.74, 6) is -0.0942. The molecule has 2 aromatic rings. The molecular formula is C20H23N3O4. The Hall–Kier alpha value is -3.09. The number of carbonyl (C=O) groups excluding carboxylic acids is 3. The van der Waals surface area contributed by atoms with E-state index in [0.29, 0.717) is 18.6 Å². The van der Waals surface area contributed by atoms with Gasteiger partial charge in [0.2, 0.25) is 5.91 Å². The Balaban J connectivity index is 1.77. The quantitative estimate of drug-likeness (QED) is 0.760. The lowest BCUT2D eigenvalue weighted by Crippen LogP contribution is -2.45. The minimum absolute atomic E-state index is 0.272. The summed E-state index contributed by atoms with van der Waals surface area (Å²) in [5, 5.41) is 2.82. The van der Waals surface area contributed by atoms with E-state index in [-0.39, 0.29) is 24.9 Å². The van der Waals surface area contributed by atoms with Crippen LogP contribution in [0.4, 0.5) is 4.79 Å². The summed E-state index contributed by atoms with van der Waals surface area (Å²) < 4.78 is 5.24. The summed E-state index contributed by atoms with van der Waals surface area (Å²) in [7, 11) is 1.61. The number of urea groups is 1. The number of amides is 4. The van der Waals surface area contributed by atoms with Gasteiger partial charge in [-0.05, 0) is 24.1 Å². The number of hydrogen-bond acceptors (Lipinski definition) is 4. The lowest BCUT2D eigenvalue weighted by Gasteiger charge is -2.27. The maximum atomic E-state index is 13.2. The van der Waals surface area contributed by atoms with Crippen LogP contribution < -0.4 is 5.32 Å². The second-order valence-corrected chi connectivity index (χ2v) is 6.67. The van der Waals surface area contributed by atoms with Crippen LogP contribution >= 0.6 is 0 Å². The summed E-state index contributed by atoms with van der Waals surface area (Å²) >= 11 is 0. The first-order valence-corrected chi connectivity index (χ1v) is 8.94. The molecule has 7 nitrogen and oxygen atoms in total. The molecule has 4 amide bonds. The number of likely N-dealkylation sites (N-methyl/N-ethyl adjacent to an activating group) is 1. The molecule has 7 heteroatoms. The van der Waals surface area contributed by atoms with Crippen molar-refractivity contribution in [2.24, 2.45) is 0 Å². The molecule has 0 saturated carbocycles. The number of hydrogen-bond donors (Lipinski definition) is 1. The van der Waals surface area contributed by atoms with E-state index in [1.54, 1.807) is 19.2 Å². The summed E-state index contributed by atoms with van der Waals surface area (Å²) in [6, 6.07) is 12.1. The first kappa shape index (κ1) is 18.7. The second-order valence-electron chi connectivity index (χ2n) is 6.67. The van der Waals surface area contributed by atoms with Crippen molar-refractivity contribution in [3.63, 3.8) is 0 Å². The summed E-state index contributed by atoms with van der Waals surface area (Å²) in [5.41, 5.74) is -0.392. The molecule has 1 fully saturated rings. The molecule has 0 aliphatic carbocycles. The monoisotopic (exact) mass is 369 g/mol. The first-order chi connectivity index (χ1) is 13.0. The molecule has 1 aliphatic rings. The van der Waals surface area contributed by atoms with Gasteiger partial charge in [-0.15, -0.1) is 0 Å². The molecule has 1 N–H and O–H groups in total. The van der Waals surface area contributed by atoms with E-state index in [4.69, 9.17) is 4.42 Å². The van der Waals surface area contributed by atoms with E-state index in [0.717, 1.165) is 10.5 Å². The zero-order chi connectivity index (χ0) is 19.4. The van der Waals surface area contributed by atoms with E-state index in [2.05, 4.69) is 5.32 Å². The summed E-state index contributed by atoms with van der Waals surface area (Å²) in [6.45, 7) is 1.92. The van der Waals surface area contributed by atoms with E-state index in [9.17, 15) is 14.4 Å². The maximum Gasteiger partial charge on any atom is 0.325 e. The van der Waals surface area contributed by atoms with Crippen molar-refractivity contribution in [2.75, 3.05) is 13.6 Å². The van der Waals surface area contributed by atoms with Crippen LogP contribution in [0, 0.1) is 0 Å². The van der Waals surface area contributed by atoms with Crippen molar-refractivity contribution in [1.29, 1.82) is 0 Å². The van der Waals surface area contributed by atoms with Gasteiger partial charge in [-0.1, -0.05) is 43.7 Å². The largest absolute Gasteiger partial charge is 0.467 e. The van der Waals surface area contributed by atoms with E-state index in [1.165, 1.54) is 11.2 Å². The zero-order valence-electron chi connectivity index (χ0n) is 15.5. The molecule has 1 aromatic heterocycles. The minimum atomic E-state index is -1.12. The number of nitrogens with zero attached hydrogens (tertiary/aromatic N) is 2. The van der Waals surface area contributed by atoms with Crippen LogP contribution in [0.3, 0.4) is 0 Å². The van der Waals surface area contributed by atoms with Crippen LogP contribution in [-0.2, 0) is 21.7 Å². The third-order valence-electron chi connectivity index (χ3n) is 4.76. The topological polar surface area (TPSA) is 82.9 Å². The van der Waals surface area contributed by atoms with Crippen LogP contribution in [0.15, 0.2) is 53.1 Å². The third-order valence-corrected chi connectivity index (χ3v) is 4.76. The number of rotatable bonds is 7. The molecule has 1 unspecified atom stereocenters. The van der Waals surface area contributed by atoms with Crippen LogP contribution in [-0.4, -0.2) is 41.2 Å². The van der Waals surface area contributed by atoms with E-state index < -0.39 is 11.6 Å². The molecule has 142 valence electrons. The molecule has 1 saturated heterocycles. The predicted octanol–water partition coefficient (Wildman–Crippen LogP) is 2.49. The first-order valence-electron chi connectivity index (χ1n) is 8.94. The second kappa shape index (κ2) is 7.65. The highest BCUT2D eigenvalue weighted by atomic mass is 16.3. The Labute approximate surface area is 157 Å². The Kier molecular flexibility index (Phi) is 5.30. The molecular weight excluding hydrogens is 346 g/mol. The van der Waals surface area contributed by atoms with Gasteiger partial charge in [0.05, 0.1) is 12.8 Å². The Morgan fingerprint density at radius 2 is 1.93 bits per heavy atom.